The van der Waals surface area contributed by atoms with E-state index < -0.39 is 0 Å². The van der Waals surface area contributed by atoms with Crippen LogP contribution in [0.25, 0.3) is 0 Å². The van der Waals surface area contributed by atoms with Crippen LogP contribution in [0.2, 0.25) is 5.02 Å². The Morgan fingerprint density at radius 2 is 1.80 bits per heavy atom. The van der Waals surface area contributed by atoms with Gasteiger partial charge in [0.1, 0.15) is 5.82 Å². The topological polar surface area (TPSA) is 0 Å². The molecule has 2 aromatic rings. The Morgan fingerprint density at radius 3 is 2.45 bits per heavy atom. The Balaban J connectivity index is 2.16. The highest BCUT2D eigenvalue weighted by Crippen LogP contribution is 2.26. The van der Waals surface area contributed by atoms with Gasteiger partial charge < -0.3 is 0 Å². The van der Waals surface area contributed by atoms with E-state index in [1.54, 1.807) is 12.1 Å². The van der Waals surface area contributed by atoms with Gasteiger partial charge in [-0.3, -0.25) is 0 Å². The summed E-state index contributed by atoms with van der Waals surface area (Å²) in [5, 5.41) is 0.465. The summed E-state index contributed by atoms with van der Waals surface area (Å²) in [6, 6.07) is 12.8. The average Bonchev–Trinajstić information content (AvgIpc) is 2.44. The van der Waals surface area contributed by atoms with Gasteiger partial charge >= 0.3 is 0 Å². The van der Waals surface area contributed by atoms with Crippen LogP contribution in [0.1, 0.15) is 11.1 Å². The molecule has 0 nitrogen and oxygen atoms in total. The van der Waals surface area contributed by atoms with Crippen molar-refractivity contribution >= 4 is 39.1 Å². The molecule has 0 aliphatic heterocycles. The smallest absolute Gasteiger partial charge is 0.127 e. The Hall–Kier alpha value is -0.570. The molecule has 0 saturated carbocycles. The number of hydrogen-bond acceptors (Lipinski definition) is 0. The summed E-state index contributed by atoms with van der Waals surface area (Å²) in [5.74, 6) is 0.343. The fourth-order valence-electron chi connectivity index (χ4n) is 2.17. The van der Waals surface area contributed by atoms with Crippen molar-refractivity contribution in [3.63, 3.8) is 0 Å². The van der Waals surface area contributed by atoms with Crippen LogP contribution in [0, 0.1) is 11.7 Å². The molecule has 0 amide bonds. The summed E-state index contributed by atoms with van der Waals surface area (Å²) in [7, 11) is 0. The van der Waals surface area contributed by atoms with Crippen molar-refractivity contribution in [3.8, 4) is 0 Å². The fraction of sp³-hybridized carbons (Fsp3) is 0.250. The molecule has 0 aliphatic carbocycles. The number of alkyl halides is 1. The second kappa shape index (κ2) is 7.44. The van der Waals surface area contributed by atoms with E-state index in [2.05, 4.69) is 15.9 Å². The highest BCUT2D eigenvalue weighted by molar-refractivity contribution is 9.10. The van der Waals surface area contributed by atoms with Crippen molar-refractivity contribution in [2.75, 3.05) is 5.88 Å². The molecule has 0 radical (unpaired) electrons. The number of benzene rings is 2. The SMILES string of the molecule is Fc1cccc(Cl)c1CC(CCl)Cc1ccccc1Br. The van der Waals surface area contributed by atoms with E-state index in [0.717, 1.165) is 10.9 Å². The molecular weight excluding hydrogens is 362 g/mol. The third-order valence-corrected chi connectivity index (χ3v) is 4.80. The van der Waals surface area contributed by atoms with E-state index in [4.69, 9.17) is 23.2 Å². The molecule has 0 spiro atoms. The molecular formula is C16H14BrCl2F. The minimum Gasteiger partial charge on any atom is -0.207 e. The zero-order valence-electron chi connectivity index (χ0n) is 10.8. The van der Waals surface area contributed by atoms with Gasteiger partial charge in [-0.1, -0.05) is 51.8 Å². The van der Waals surface area contributed by atoms with Crippen molar-refractivity contribution in [3.05, 3.63) is 68.9 Å². The van der Waals surface area contributed by atoms with Crippen LogP contribution in [0.4, 0.5) is 4.39 Å². The number of halogens is 4. The Labute approximate surface area is 137 Å². The van der Waals surface area contributed by atoms with Crippen molar-refractivity contribution in [1.29, 1.82) is 0 Å². The monoisotopic (exact) mass is 374 g/mol. The van der Waals surface area contributed by atoms with Gasteiger partial charge in [0.05, 0.1) is 0 Å². The molecule has 0 saturated heterocycles. The highest BCUT2D eigenvalue weighted by atomic mass is 79.9. The molecule has 20 heavy (non-hydrogen) atoms. The van der Waals surface area contributed by atoms with Crippen LogP contribution >= 0.6 is 39.1 Å². The molecule has 1 unspecified atom stereocenters. The first-order valence-electron chi connectivity index (χ1n) is 6.34. The Morgan fingerprint density at radius 1 is 1.05 bits per heavy atom. The molecule has 0 aromatic heterocycles. The lowest BCUT2D eigenvalue weighted by atomic mass is 9.94. The van der Waals surface area contributed by atoms with Gasteiger partial charge in [0.2, 0.25) is 0 Å². The normalized spacial score (nSPS) is 12.4. The molecule has 0 aliphatic rings. The van der Waals surface area contributed by atoms with Crippen molar-refractivity contribution in [2.24, 2.45) is 5.92 Å². The van der Waals surface area contributed by atoms with Gasteiger partial charge in [0.25, 0.3) is 0 Å². The predicted molar refractivity (Wildman–Crippen MR) is 87.2 cm³/mol. The van der Waals surface area contributed by atoms with Crippen LogP contribution in [0.15, 0.2) is 46.9 Å². The first kappa shape index (κ1) is 15.8. The predicted octanol–water partition coefficient (Wildman–Crippen LogP) is 5.88. The molecule has 0 N–H and O–H groups in total. The molecule has 1 atom stereocenters. The van der Waals surface area contributed by atoms with Gasteiger partial charge in [-0.2, -0.15) is 0 Å². The van der Waals surface area contributed by atoms with Crippen molar-refractivity contribution in [2.45, 2.75) is 12.8 Å². The van der Waals surface area contributed by atoms with Crippen LogP contribution < -0.4 is 0 Å². The van der Waals surface area contributed by atoms with Crippen molar-refractivity contribution in [1.82, 2.24) is 0 Å². The van der Waals surface area contributed by atoms with Gasteiger partial charge in [-0.15, -0.1) is 11.6 Å². The second-order valence-corrected chi connectivity index (χ2v) is 6.29. The zero-order chi connectivity index (χ0) is 14.5. The van der Waals surface area contributed by atoms with Crippen molar-refractivity contribution < 1.29 is 4.39 Å². The minimum absolute atomic E-state index is 0.143. The number of hydrogen-bond donors (Lipinski definition) is 0. The largest absolute Gasteiger partial charge is 0.207 e. The van der Waals surface area contributed by atoms with E-state index in [1.165, 1.54) is 11.6 Å². The summed E-state index contributed by atoms with van der Waals surface area (Å²) in [6.07, 6.45) is 1.33. The summed E-state index contributed by atoms with van der Waals surface area (Å²) in [4.78, 5) is 0. The van der Waals surface area contributed by atoms with Crippen LogP contribution in [0.3, 0.4) is 0 Å². The summed E-state index contributed by atoms with van der Waals surface area (Å²) in [5.41, 5.74) is 1.72. The molecule has 2 rings (SSSR count). The van der Waals surface area contributed by atoms with Crippen LogP contribution in [-0.2, 0) is 12.8 Å². The third kappa shape index (κ3) is 3.97. The Bertz CT molecular complexity index is 566. The molecule has 0 bridgehead atoms. The quantitative estimate of drug-likeness (QED) is 0.572. The maximum Gasteiger partial charge on any atom is 0.127 e. The summed E-state index contributed by atoms with van der Waals surface area (Å²) < 4.78 is 14.9. The van der Waals surface area contributed by atoms with E-state index >= 15 is 0 Å². The first-order chi connectivity index (χ1) is 9.61. The Kier molecular flexibility index (Phi) is 5.88. The third-order valence-electron chi connectivity index (χ3n) is 3.24. The minimum atomic E-state index is -0.264. The maximum absolute atomic E-state index is 13.8. The standard InChI is InChI=1S/C16H14BrCl2F/c17-14-5-2-1-4-12(14)8-11(10-18)9-13-15(19)6-3-7-16(13)20/h1-7,11H,8-10H2. The van der Waals surface area contributed by atoms with E-state index in [9.17, 15) is 4.39 Å². The van der Waals surface area contributed by atoms with E-state index in [1.807, 2.05) is 24.3 Å². The van der Waals surface area contributed by atoms with E-state index in [0.29, 0.717) is 22.9 Å². The lowest BCUT2D eigenvalue weighted by molar-refractivity contribution is 0.546. The van der Waals surface area contributed by atoms with Gasteiger partial charge in [-0.05, 0) is 42.5 Å². The van der Waals surface area contributed by atoms with Crippen LogP contribution in [-0.4, -0.2) is 5.88 Å². The highest BCUT2D eigenvalue weighted by Gasteiger charge is 2.16. The molecule has 2 aromatic carbocycles. The van der Waals surface area contributed by atoms with Gasteiger partial charge in [-0.25, -0.2) is 4.39 Å². The average molecular weight is 376 g/mol. The second-order valence-electron chi connectivity index (χ2n) is 4.72. The lowest BCUT2D eigenvalue weighted by Crippen LogP contribution is -2.12. The van der Waals surface area contributed by atoms with E-state index in [-0.39, 0.29) is 11.7 Å². The summed E-state index contributed by atoms with van der Waals surface area (Å²) in [6.45, 7) is 0. The summed E-state index contributed by atoms with van der Waals surface area (Å²) >= 11 is 15.6. The van der Waals surface area contributed by atoms with Crippen LogP contribution in [0.5, 0.6) is 0 Å². The van der Waals surface area contributed by atoms with Gasteiger partial charge in [0.15, 0.2) is 0 Å². The maximum atomic E-state index is 13.8. The fourth-order valence-corrected chi connectivity index (χ4v) is 3.08. The number of rotatable bonds is 5. The van der Waals surface area contributed by atoms with Gasteiger partial charge in [0, 0.05) is 20.9 Å². The molecule has 0 heterocycles. The first-order valence-corrected chi connectivity index (χ1v) is 8.04. The molecule has 4 heteroatoms. The lowest BCUT2D eigenvalue weighted by Gasteiger charge is -2.16. The zero-order valence-corrected chi connectivity index (χ0v) is 13.8. The molecule has 106 valence electrons. The molecule has 0 fully saturated rings.